The van der Waals surface area contributed by atoms with Crippen molar-refractivity contribution in [1.82, 2.24) is 0 Å². The highest BCUT2D eigenvalue weighted by atomic mass is 79.9. The predicted octanol–water partition coefficient (Wildman–Crippen LogP) is 2.89. The van der Waals surface area contributed by atoms with Gasteiger partial charge in [-0.3, -0.25) is 0 Å². The van der Waals surface area contributed by atoms with Gasteiger partial charge in [0.15, 0.2) is 0 Å². The molecule has 1 aromatic rings. The van der Waals surface area contributed by atoms with Gasteiger partial charge in [-0.1, -0.05) is 22.0 Å². The molecule has 0 unspecified atom stereocenters. The van der Waals surface area contributed by atoms with Crippen LogP contribution in [0.4, 0.5) is 0 Å². The molecule has 0 aliphatic carbocycles. The van der Waals surface area contributed by atoms with Crippen LogP contribution in [0.3, 0.4) is 0 Å². The zero-order valence-corrected chi connectivity index (χ0v) is 11.5. The molecule has 0 radical (unpaired) electrons. The molecule has 0 spiro atoms. The molecule has 3 N–H and O–H groups in total. The molecule has 94 valence electrons. The Morgan fingerprint density at radius 2 is 2.06 bits per heavy atom. The third-order valence-corrected chi connectivity index (χ3v) is 4.16. The van der Waals surface area contributed by atoms with Crippen molar-refractivity contribution >= 4 is 15.9 Å². The van der Waals surface area contributed by atoms with E-state index < -0.39 is 0 Å². The summed E-state index contributed by atoms with van der Waals surface area (Å²) in [6.45, 7) is 3.42. The molecule has 0 amide bonds. The van der Waals surface area contributed by atoms with Crippen molar-refractivity contribution in [2.24, 2.45) is 11.7 Å². The summed E-state index contributed by atoms with van der Waals surface area (Å²) in [7, 11) is 0. The maximum Gasteiger partial charge on any atom is 0.124 e. The lowest BCUT2D eigenvalue weighted by Gasteiger charge is -2.29. The molecule has 1 heterocycles. The van der Waals surface area contributed by atoms with E-state index in [1.807, 2.05) is 19.1 Å². The Morgan fingerprint density at radius 3 is 2.71 bits per heavy atom. The average Bonchev–Trinajstić information content (AvgIpc) is 2.35. The normalized spacial score (nSPS) is 19.2. The molecular formula is C13H18BrNO2. The SMILES string of the molecule is Cc1ccc(Br)c([C@H](N)C2CCOCC2)c1O. The van der Waals surface area contributed by atoms with Gasteiger partial charge in [0.05, 0.1) is 0 Å². The molecule has 17 heavy (non-hydrogen) atoms. The fourth-order valence-corrected chi connectivity index (χ4v) is 2.90. The van der Waals surface area contributed by atoms with E-state index in [1.165, 1.54) is 0 Å². The zero-order chi connectivity index (χ0) is 12.4. The molecule has 2 rings (SSSR count). The van der Waals surface area contributed by atoms with E-state index in [2.05, 4.69) is 15.9 Å². The number of hydrogen-bond acceptors (Lipinski definition) is 3. The number of halogens is 1. The van der Waals surface area contributed by atoms with Crippen LogP contribution >= 0.6 is 15.9 Å². The summed E-state index contributed by atoms with van der Waals surface area (Å²) in [6, 6.07) is 3.71. The third-order valence-electron chi connectivity index (χ3n) is 3.47. The number of hydrogen-bond donors (Lipinski definition) is 2. The Balaban J connectivity index is 2.29. The topological polar surface area (TPSA) is 55.5 Å². The van der Waals surface area contributed by atoms with Crippen molar-refractivity contribution in [2.75, 3.05) is 13.2 Å². The lowest BCUT2D eigenvalue weighted by Crippen LogP contribution is -2.27. The smallest absolute Gasteiger partial charge is 0.124 e. The Labute approximate surface area is 110 Å². The largest absolute Gasteiger partial charge is 0.507 e. The van der Waals surface area contributed by atoms with E-state index in [9.17, 15) is 5.11 Å². The summed E-state index contributed by atoms with van der Waals surface area (Å²) in [5.41, 5.74) is 7.99. The highest BCUT2D eigenvalue weighted by molar-refractivity contribution is 9.10. The molecular weight excluding hydrogens is 282 g/mol. The maximum atomic E-state index is 10.1. The monoisotopic (exact) mass is 299 g/mol. The van der Waals surface area contributed by atoms with Gasteiger partial charge in [-0.15, -0.1) is 0 Å². The molecule has 1 fully saturated rings. The second kappa shape index (κ2) is 5.38. The summed E-state index contributed by atoms with van der Waals surface area (Å²) in [5, 5.41) is 10.1. The van der Waals surface area contributed by atoms with Crippen LogP contribution in [0.1, 0.15) is 30.0 Å². The van der Waals surface area contributed by atoms with Crippen LogP contribution in [0.2, 0.25) is 0 Å². The van der Waals surface area contributed by atoms with Crippen molar-refractivity contribution in [3.05, 3.63) is 27.7 Å². The van der Waals surface area contributed by atoms with Gasteiger partial charge in [-0.2, -0.15) is 0 Å². The van der Waals surface area contributed by atoms with Gasteiger partial charge in [0.25, 0.3) is 0 Å². The van der Waals surface area contributed by atoms with Gasteiger partial charge in [-0.25, -0.2) is 0 Å². The standard InChI is InChI=1S/C13H18BrNO2/c1-8-2-3-10(14)11(13(8)16)12(15)9-4-6-17-7-5-9/h2-3,9,12,16H,4-7,15H2,1H3/t12-/m1/s1. The number of benzene rings is 1. The van der Waals surface area contributed by atoms with Gasteiger partial charge in [0.1, 0.15) is 5.75 Å². The Hall–Kier alpha value is -0.580. The molecule has 3 nitrogen and oxygen atoms in total. The van der Waals surface area contributed by atoms with Crippen LogP contribution in [-0.2, 0) is 4.74 Å². The van der Waals surface area contributed by atoms with Crippen LogP contribution in [-0.4, -0.2) is 18.3 Å². The first-order valence-corrected chi connectivity index (χ1v) is 6.72. The van der Waals surface area contributed by atoms with E-state index in [0.717, 1.165) is 41.7 Å². The summed E-state index contributed by atoms with van der Waals surface area (Å²) in [6.07, 6.45) is 1.92. The minimum absolute atomic E-state index is 0.131. The van der Waals surface area contributed by atoms with Gasteiger partial charge in [-0.05, 0) is 37.3 Å². The van der Waals surface area contributed by atoms with Crippen molar-refractivity contribution in [3.8, 4) is 5.75 Å². The second-order valence-corrected chi connectivity index (χ2v) is 5.46. The lowest BCUT2D eigenvalue weighted by atomic mass is 9.87. The predicted molar refractivity (Wildman–Crippen MR) is 71.0 cm³/mol. The van der Waals surface area contributed by atoms with Crippen molar-refractivity contribution in [3.63, 3.8) is 0 Å². The number of rotatable bonds is 2. The van der Waals surface area contributed by atoms with Gasteiger partial charge < -0.3 is 15.6 Å². The summed E-state index contributed by atoms with van der Waals surface area (Å²) in [4.78, 5) is 0. The number of ether oxygens (including phenoxy) is 1. The third kappa shape index (κ3) is 2.64. The van der Waals surface area contributed by atoms with E-state index in [4.69, 9.17) is 10.5 Å². The molecule has 1 aliphatic rings. The first-order chi connectivity index (χ1) is 8.11. The van der Waals surface area contributed by atoms with Crippen LogP contribution in [0.15, 0.2) is 16.6 Å². The van der Waals surface area contributed by atoms with Gasteiger partial charge in [0.2, 0.25) is 0 Å². The number of nitrogens with two attached hydrogens (primary N) is 1. The highest BCUT2D eigenvalue weighted by Gasteiger charge is 2.26. The number of phenols is 1. The first-order valence-electron chi connectivity index (χ1n) is 5.92. The van der Waals surface area contributed by atoms with Crippen LogP contribution < -0.4 is 5.73 Å². The van der Waals surface area contributed by atoms with Crippen LogP contribution in [0.25, 0.3) is 0 Å². The number of aromatic hydroxyl groups is 1. The average molecular weight is 300 g/mol. The van der Waals surface area contributed by atoms with Gasteiger partial charge >= 0.3 is 0 Å². The second-order valence-electron chi connectivity index (χ2n) is 4.60. The van der Waals surface area contributed by atoms with E-state index >= 15 is 0 Å². The van der Waals surface area contributed by atoms with Crippen LogP contribution in [0, 0.1) is 12.8 Å². The number of aryl methyl sites for hydroxylation is 1. The first kappa shape index (κ1) is 12.9. The van der Waals surface area contributed by atoms with Crippen molar-refractivity contribution in [1.29, 1.82) is 0 Å². The summed E-state index contributed by atoms with van der Waals surface area (Å²) in [5.74, 6) is 0.700. The molecule has 1 saturated heterocycles. The van der Waals surface area contributed by atoms with E-state index in [0.29, 0.717) is 11.7 Å². The van der Waals surface area contributed by atoms with Crippen molar-refractivity contribution in [2.45, 2.75) is 25.8 Å². The maximum absolute atomic E-state index is 10.1. The molecule has 0 aromatic heterocycles. The Morgan fingerprint density at radius 1 is 1.41 bits per heavy atom. The van der Waals surface area contributed by atoms with E-state index in [-0.39, 0.29) is 6.04 Å². The van der Waals surface area contributed by atoms with Gasteiger partial charge in [0, 0.05) is 29.3 Å². The zero-order valence-electron chi connectivity index (χ0n) is 9.95. The minimum Gasteiger partial charge on any atom is -0.507 e. The minimum atomic E-state index is -0.131. The molecule has 1 aromatic carbocycles. The molecule has 0 bridgehead atoms. The molecule has 1 atom stereocenters. The summed E-state index contributed by atoms with van der Waals surface area (Å²) >= 11 is 3.48. The van der Waals surface area contributed by atoms with Crippen LogP contribution in [0.5, 0.6) is 5.75 Å². The molecule has 0 saturated carbocycles. The van der Waals surface area contributed by atoms with E-state index in [1.54, 1.807) is 0 Å². The lowest BCUT2D eigenvalue weighted by molar-refractivity contribution is 0.0580. The van der Waals surface area contributed by atoms with Crippen molar-refractivity contribution < 1.29 is 9.84 Å². The fourth-order valence-electron chi connectivity index (χ4n) is 2.32. The Kier molecular flexibility index (Phi) is 4.07. The summed E-state index contributed by atoms with van der Waals surface area (Å²) < 4.78 is 6.23. The fraction of sp³-hybridized carbons (Fsp3) is 0.538. The highest BCUT2D eigenvalue weighted by Crippen LogP contribution is 2.38. The number of phenolic OH excluding ortho intramolecular Hbond substituents is 1. The Bertz CT molecular complexity index is 403. The quantitative estimate of drug-likeness (QED) is 0.883. The molecule has 1 aliphatic heterocycles. The molecule has 4 heteroatoms.